The van der Waals surface area contributed by atoms with Gasteiger partial charge in [0.05, 0.1) is 19.7 Å². The van der Waals surface area contributed by atoms with Crippen LogP contribution in [0.3, 0.4) is 0 Å². The molecule has 114 valence electrons. The number of nitrogens with two attached hydrogens (primary N) is 1. The maximum atomic E-state index is 11.4. The van der Waals surface area contributed by atoms with Gasteiger partial charge in [-0.15, -0.1) is 23.7 Å². The van der Waals surface area contributed by atoms with Gasteiger partial charge in [0.25, 0.3) is 0 Å². The SMILES string of the molecule is COc1ccc(-c2csc(CNC(=O)[C@@H](C)N)c2)cc1.Cl. The van der Waals surface area contributed by atoms with Crippen molar-refractivity contribution in [1.82, 2.24) is 5.32 Å². The summed E-state index contributed by atoms with van der Waals surface area (Å²) in [5, 5.41) is 4.89. The standard InChI is InChI=1S/C15H18N2O2S.ClH/c1-10(16)15(18)17-8-14-7-12(9-20-14)11-3-5-13(19-2)6-4-11;/h3-7,9-10H,8,16H2,1-2H3,(H,17,18);1H/t10-;/m1./s1. The van der Waals surface area contributed by atoms with Crippen LogP contribution in [0.5, 0.6) is 5.75 Å². The summed E-state index contributed by atoms with van der Waals surface area (Å²) in [5.41, 5.74) is 7.78. The first-order chi connectivity index (χ1) is 9.60. The molecule has 1 aromatic carbocycles. The van der Waals surface area contributed by atoms with Crippen LogP contribution in [0, 0.1) is 0 Å². The molecule has 0 bridgehead atoms. The first-order valence-electron chi connectivity index (χ1n) is 6.35. The summed E-state index contributed by atoms with van der Waals surface area (Å²) in [6.07, 6.45) is 0. The molecule has 1 amide bonds. The quantitative estimate of drug-likeness (QED) is 0.888. The fourth-order valence-corrected chi connectivity index (χ4v) is 2.58. The third-order valence-electron chi connectivity index (χ3n) is 2.93. The van der Waals surface area contributed by atoms with Crippen molar-refractivity contribution in [2.24, 2.45) is 5.73 Å². The van der Waals surface area contributed by atoms with Gasteiger partial charge in [0, 0.05) is 4.88 Å². The molecule has 0 spiro atoms. The van der Waals surface area contributed by atoms with Crippen molar-refractivity contribution in [3.8, 4) is 16.9 Å². The molecular weight excluding hydrogens is 308 g/mol. The van der Waals surface area contributed by atoms with Crippen LogP contribution >= 0.6 is 23.7 Å². The highest BCUT2D eigenvalue weighted by atomic mass is 35.5. The molecule has 1 atom stereocenters. The number of benzene rings is 1. The predicted molar refractivity (Wildman–Crippen MR) is 89.1 cm³/mol. The minimum atomic E-state index is -0.476. The van der Waals surface area contributed by atoms with Gasteiger partial charge in [-0.3, -0.25) is 4.79 Å². The van der Waals surface area contributed by atoms with Gasteiger partial charge >= 0.3 is 0 Å². The summed E-state index contributed by atoms with van der Waals surface area (Å²) in [6, 6.07) is 9.51. The Morgan fingerprint density at radius 3 is 2.57 bits per heavy atom. The van der Waals surface area contributed by atoms with Crippen molar-refractivity contribution in [2.75, 3.05) is 7.11 Å². The largest absolute Gasteiger partial charge is 0.497 e. The molecule has 0 fully saturated rings. The highest BCUT2D eigenvalue weighted by Crippen LogP contribution is 2.27. The third kappa shape index (κ3) is 4.74. The first kappa shape index (κ1) is 17.5. The Morgan fingerprint density at radius 2 is 2.00 bits per heavy atom. The highest BCUT2D eigenvalue weighted by molar-refractivity contribution is 7.10. The average molecular weight is 327 g/mol. The number of carbonyl (C=O) groups is 1. The number of rotatable bonds is 5. The molecular formula is C15H19ClN2O2S. The smallest absolute Gasteiger partial charge is 0.236 e. The average Bonchev–Trinajstić information content (AvgIpc) is 2.93. The van der Waals surface area contributed by atoms with Gasteiger partial charge in [0.2, 0.25) is 5.91 Å². The molecule has 0 radical (unpaired) electrons. The van der Waals surface area contributed by atoms with Crippen molar-refractivity contribution in [2.45, 2.75) is 19.5 Å². The fraction of sp³-hybridized carbons (Fsp3) is 0.267. The van der Waals surface area contributed by atoms with E-state index in [1.807, 2.05) is 24.3 Å². The molecule has 6 heteroatoms. The number of ether oxygens (including phenoxy) is 1. The molecule has 2 aromatic rings. The minimum Gasteiger partial charge on any atom is -0.497 e. The molecule has 0 aliphatic carbocycles. The van der Waals surface area contributed by atoms with E-state index in [0.717, 1.165) is 21.8 Å². The summed E-state index contributed by atoms with van der Waals surface area (Å²) in [5.74, 6) is 0.706. The number of carbonyl (C=O) groups excluding carboxylic acids is 1. The minimum absolute atomic E-state index is 0. The lowest BCUT2D eigenvalue weighted by Gasteiger charge is -2.05. The van der Waals surface area contributed by atoms with E-state index in [2.05, 4.69) is 16.8 Å². The lowest BCUT2D eigenvalue weighted by molar-refractivity contribution is -0.122. The maximum Gasteiger partial charge on any atom is 0.236 e. The molecule has 1 heterocycles. The lowest BCUT2D eigenvalue weighted by Crippen LogP contribution is -2.37. The van der Waals surface area contributed by atoms with Crippen molar-refractivity contribution in [3.05, 3.63) is 40.6 Å². The fourth-order valence-electron chi connectivity index (χ4n) is 1.74. The van der Waals surface area contributed by atoms with Crippen molar-refractivity contribution in [3.63, 3.8) is 0 Å². The van der Waals surface area contributed by atoms with Gasteiger partial charge in [0.1, 0.15) is 5.75 Å². The summed E-state index contributed by atoms with van der Waals surface area (Å²) >= 11 is 1.62. The van der Waals surface area contributed by atoms with Crippen molar-refractivity contribution < 1.29 is 9.53 Å². The number of amides is 1. The molecule has 21 heavy (non-hydrogen) atoms. The molecule has 0 aliphatic heterocycles. The Labute approximate surface area is 134 Å². The number of thiophene rings is 1. The number of nitrogens with one attached hydrogen (secondary N) is 1. The molecule has 0 saturated heterocycles. The van der Waals surface area contributed by atoms with E-state index in [1.54, 1.807) is 25.4 Å². The molecule has 2 rings (SSSR count). The summed E-state index contributed by atoms with van der Waals surface area (Å²) in [4.78, 5) is 12.5. The zero-order valence-electron chi connectivity index (χ0n) is 12.0. The van der Waals surface area contributed by atoms with Crippen LogP contribution in [0.15, 0.2) is 35.7 Å². The van der Waals surface area contributed by atoms with Crippen LogP contribution < -0.4 is 15.8 Å². The maximum absolute atomic E-state index is 11.4. The van der Waals surface area contributed by atoms with Gasteiger partial charge in [-0.1, -0.05) is 12.1 Å². The van der Waals surface area contributed by atoms with E-state index in [4.69, 9.17) is 10.5 Å². The molecule has 1 aromatic heterocycles. The van der Waals surface area contributed by atoms with E-state index in [1.165, 1.54) is 0 Å². The topological polar surface area (TPSA) is 64.3 Å². The van der Waals surface area contributed by atoms with Gasteiger partial charge < -0.3 is 15.8 Å². The van der Waals surface area contributed by atoms with Crippen molar-refractivity contribution in [1.29, 1.82) is 0 Å². The van der Waals surface area contributed by atoms with Gasteiger partial charge in [-0.05, 0) is 41.6 Å². The monoisotopic (exact) mass is 326 g/mol. The second-order valence-electron chi connectivity index (χ2n) is 4.54. The van der Waals surface area contributed by atoms with Crippen molar-refractivity contribution >= 4 is 29.7 Å². The summed E-state index contributed by atoms with van der Waals surface area (Å²) in [7, 11) is 1.65. The number of hydrogen-bond acceptors (Lipinski definition) is 4. The van der Waals surface area contributed by atoms with Gasteiger partial charge in [-0.25, -0.2) is 0 Å². The first-order valence-corrected chi connectivity index (χ1v) is 7.23. The molecule has 0 aliphatic rings. The van der Waals surface area contributed by atoms with Crippen LogP contribution in [0.2, 0.25) is 0 Å². The van der Waals surface area contributed by atoms with E-state index in [-0.39, 0.29) is 18.3 Å². The van der Waals surface area contributed by atoms with Gasteiger partial charge in [-0.2, -0.15) is 0 Å². The van der Waals surface area contributed by atoms with Crippen LogP contribution in [0.4, 0.5) is 0 Å². The summed E-state index contributed by atoms with van der Waals surface area (Å²) in [6.45, 7) is 2.19. The number of halogens is 1. The van der Waals surface area contributed by atoms with Gasteiger partial charge in [0.15, 0.2) is 0 Å². The third-order valence-corrected chi connectivity index (χ3v) is 3.86. The highest BCUT2D eigenvalue weighted by Gasteiger charge is 2.08. The molecule has 0 unspecified atom stereocenters. The second kappa shape index (κ2) is 8.02. The molecule has 3 N–H and O–H groups in total. The van der Waals surface area contributed by atoms with Crippen LogP contribution in [0.1, 0.15) is 11.8 Å². The lowest BCUT2D eigenvalue weighted by atomic mass is 10.1. The normalized spacial score (nSPS) is 11.4. The van der Waals surface area contributed by atoms with Crippen LogP contribution in [-0.4, -0.2) is 19.1 Å². The Hall–Kier alpha value is -1.56. The predicted octanol–water partition coefficient (Wildman–Crippen LogP) is 2.81. The van der Waals surface area contributed by atoms with E-state index >= 15 is 0 Å². The summed E-state index contributed by atoms with van der Waals surface area (Å²) < 4.78 is 5.14. The zero-order chi connectivity index (χ0) is 14.5. The van der Waals surface area contributed by atoms with E-state index in [0.29, 0.717) is 6.54 Å². The zero-order valence-corrected chi connectivity index (χ0v) is 13.6. The number of methoxy groups -OCH3 is 1. The van der Waals surface area contributed by atoms with Crippen LogP contribution in [-0.2, 0) is 11.3 Å². The Kier molecular flexibility index (Phi) is 6.68. The van der Waals surface area contributed by atoms with E-state index < -0.39 is 6.04 Å². The Morgan fingerprint density at radius 1 is 1.33 bits per heavy atom. The Balaban J connectivity index is 0.00000220. The molecule has 4 nitrogen and oxygen atoms in total. The van der Waals surface area contributed by atoms with Crippen LogP contribution in [0.25, 0.3) is 11.1 Å². The number of hydrogen-bond donors (Lipinski definition) is 2. The second-order valence-corrected chi connectivity index (χ2v) is 5.53. The van der Waals surface area contributed by atoms with E-state index in [9.17, 15) is 4.79 Å². The molecule has 0 saturated carbocycles. The Bertz CT molecular complexity index is 582.